The highest BCUT2D eigenvalue weighted by molar-refractivity contribution is 5.09. The Hall–Kier alpha value is -0.630. The highest BCUT2D eigenvalue weighted by atomic mass is 15.3. The van der Waals surface area contributed by atoms with Gasteiger partial charge in [0, 0.05) is 44.3 Å². The van der Waals surface area contributed by atoms with Crippen molar-refractivity contribution in [2.45, 2.75) is 57.7 Å². The first-order valence-corrected chi connectivity index (χ1v) is 7.49. The molecule has 2 rings (SSSR count). The number of nitrogens with zero attached hydrogens (tertiary/aromatic N) is 3. The van der Waals surface area contributed by atoms with Crippen LogP contribution in [0.4, 0.5) is 0 Å². The molecule has 0 amide bonds. The van der Waals surface area contributed by atoms with Gasteiger partial charge in [-0.1, -0.05) is 0 Å². The molecule has 0 spiro atoms. The van der Waals surface area contributed by atoms with Gasteiger partial charge in [0.15, 0.2) is 0 Å². The van der Waals surface area contributed by atoms with Crippen molar-refractivity contribution in [3.8, 4) is 6.07 Å². The van der Waals surface area contributed by atoms with E-state index >= 15 is 0 Å². The molecular formula is C15H28N4. The number of rotatable bonds is 4. The fourth-order valence-electron chi connectivity index (χ4n) is 2.82. The van der Waals surface area contributed by atoms with Gasteiger partial charge >= 0.3 is 0 Å². The zero-order chi connectivity index (χ0) is 14.1. The van der Waals surface area contributed by atoms with Gasteiger partial charge in [0.25, 0.3) is 0 Å². The standard InChI is InChI=1S/C15H28N4/c1-14(2,3)19-9-7-18(8-10-19)12-15(4,11-16)17-13-5-6-13/h13,17H,5-10,12H2,1-4H3. The van der Waals surface area contributed by atoms with E-state index in [9.17, 15) is 5.26 Å². The van der Waals surface area contributed by atoms with Crippen LogP contribution in [0.1, 0.15) is 40.5 Å². The lowest BCUT2D eigenvalue weighted by atomic mass is 10.0. The summed E-state index contributed by atoms with van der Waals surface area (Å²) < 4.78 is 0. The minimum Gasteiger partial charge on any atom is -0.298 e. The first-order chi connectivity index (χ1) is 8.82. The Kier molecular flexibility index (Phi) is 4.20. The highest BCUT2D eigenvalue weighted by Gasteiger charge is 2.35. The van der Waals surface area contributed by atoms with Crippen molar-refractivity contribution in [2.24, 2.45) is 0 Å². The van der Waals surface area contributed by atoms with E-state index in [1.54, 1.807) is 0 Å². The van der Waals surface area contributed by atoms with Gasteiger partial charge in [0.05, 0.1) is 6.07 Å². The van der Waals surface area contributed by atoms with Crippen molar-refractivity contribution in [1.82, 2.24) is 15.1 Å². The second-order valence-corrected chi connectivity index (χ2v) is 7.30. The number of piperazine rings is 1. The summed E-state index contributed by atoms with van der Waals surface area (Å²) in [4.78, 5) is 4.96. The predicted molar refractivity (Wildman–Crippen MR) is 77.9 cm³/mol. The lowest BCUT2D eigenvalue weighted by molar-refractivity contribution is 0.0544. The molecule has 2 fully saturated rings. The quantitative estimate of drug-likeness (QED) is 0.834. The Morgan fingerprint density at radius 2 is 1.68 bits per heavy atom. The molecule has 1 unspecified atom stereocenters. The molecule has 19 heavy (non-hydrogen) atoms. The first-order valence-electron chi connectivity index (χ1n) is 7.49. The summed E-state index contributed by atoms with van der Waals surface area (Å²) in [5, 5.41) is 12.9. The number of hydrogen-bond donors (Lipinski definition) is 1. The number of nitriles is 1. The predicted octanol–water partition coefficient (Wildman–Crippen LogP) is 1.44. The Morgan fingerprint density at radius 1 is 1.11 bits per heavy atom. The average molecular weight is 264 g/mol. The molecule has 1 saturated carbocycles. The van der Waals surface area contributed by atoms with Crippen LogP contribution in [0, 0.1) is 11.3 Å². The maximum atomic E-state index is 9.42. The van der Waals surface area contributed by atoms with Crippen LogP contribution in [0.3, 0.4) is 0 Å². The van der Waals surface area contributed by atoms with Crippen molar-refractivity contribution in [3.05, 3.63) is 0 Å². The van der Waals surface area contributed by atoms with E-state index in [4.69, 9.17) is 0 Å². The lowest BCUT2D eigenvalue weighted by Gasteiger charge is -2.43. The zero-order valence-electron chi connectivity index (χ0n) is 12.9. The molecule has 0 aromatic rings. The molecule has 108 valence electrons. The van der Waals surface area contributed by atoms with Gasteiger partial charge in [-0.2, -0.15) is 5.26 Å². The van der Waals surface area contributed by atoms with Crippen molar-refractivity contribution in [1.29, 1.82) is 5.26 Å². The molecule has 4 heteroatoms. The van der Waals surface area contributed by atoms with Crippen LogP contribution in [0.15, 0.2) is 0 Å². The van der Waals surface area contributed by atoms with E-state index in [1.165, 1.54) is 12.8 Å². The molecule has 1 saturated heterocycles. The normalized spacial score (nSPS) is 25.8. The molecule has 2 aliphatic rings. The van der Waals surface area contributed by atoms with Crippen molar-refractivity contribution in [3.63, 3.8) is 0 Å². The third kappa shape index (κ3) is 4.17. The van der Waals surface area contributed by atoms with Gasteiger partial charge in [-0.3, -0.25) is 15.1 Å². The lowest BCUT2D eigenvalue weighted by Crippen LogP contribution is -2.58. The third-order valence-corrected chi connectivity index (χ3v) is 4.21. The summed E-state index contributed by atoms with van der Waals surface area (Å²) in [6.07, 6.45) is 2.46. The second-order valence-electron chi connectivity index (χ2n) is 7.30. The van der Waals surface area contributed by atoms with Crippen LogP contribution < -0.4 is 5.32 Å². The molecule has 1 N–H and O–H groups in total. The minimum absolute atomic E-state index is 0.261. The fourth-order valence-corrected chi connectivity index (χ4v) is 2.82. The van der Waals surface area contributed by atoms with Gasteiger partial charge < -0.3 is 0 Å². The van der Waals surface area contributed by atoms with E-state index in [2.05, 4.69) is 42.0 Å². The summed E-state index contributed by atoms with van der Waals surface area (Å²) in [7, 11) is 0. The van der Waals surface area contributed by atoms with Crippen molar-refractivity contribution < 1.29 is 0 Å². The summed E-state index contributed by atoms with van der Waals surface area (Å²) in [5.74, 6) is 0. The van der Waals surface area contributed by atoms with E-state index in [0.717, 1.165) is 32.7 Å². The molecule has 4 nitrogen and oxygen atoms in total. The highest BCUT2D eigenvalue weighted by Crippen LogP contribution is 2.23. The number of hydrogen-bond acceptors (Lipinski definition) is 4. The minimum atomic E-state index is -0.384. The summed E-state index contributed by atoms with van der Waals surface area (Å²) in [6, 6.07) is 3.06. The first kappa shape index (κ1) is 14.8. The average Bonchev–Trinajstić information content (AvgIpc) is 3.12. The molecule has 1 atom stereocenters. The summed E-state index contributed by atoms with van der Waals surface area (Å²) in [6.45, 7) is 14.1. The molecular weight excluding hydrogens is 236 g/mol. The molecule has 0 aromatic carbocycles. The maximum absolute atomic E-state index is 9.42. The maximum Gasteiger partial charge on any atom is 0.116 e. The molecule has 0 bridgehead atoms. The Bertz CT molecular complexity index is 342. The Balaban J connectivity index is 1.82. The van der Waals surface area contributed by atoms with Crippen LogP contribution >= 0.6 is 0 Å². The van der Waals surface area contributed by atoms with Crippen molar-refractivity contribution in [2.75, 3.05) is 32.7 Å². The van der Waals surface area contributed by atoms with Crippen LogP contribution in [0.5, 0.6) is 0 Å². The van der Waals surface area contributed by atoms with Gasteiger partial charge in [0.2, 0.25) is 0 Å². The van der Waals surface area contributed by atoms with Crippen LogP contribution in [-0.2, 0) is 0 Å². The van der Waals surface area contributed by atoms with Crippen LogP contribution in [0.2, 0.25) is 0 Å². The molecule has 0 aromatic heterocycles. The van der Waals surface area contributed by atoms with Gasteiger partial charge in [-0.25, -0.2) is 0 Å². The summed E-state index contributed by atoms with van der Waals surface area (Å²) in [5.41, 5.74) is -0.123. The topological polar surface area (TPSA) is 42.3 Å². The van der Waals surface area contributed by atoms with Gasteiger partial charge in [-0.15, -0.1) is 0 Å². The van der Waals surface area contributed by atoms with Crippen molar-refractivity contribution >= 4 is 0 Å². The van der Waals surface area contributed by atoms with Crippen LogP contribution in [-0.4, -0.2) is 59.6 Å². The van der Waals surface area contributed by atoms with E-state index in [-0.39, 0.29) is 11.1 Å². The van der Waals surface area contributed by atoms with Gasteiger partial charge in [-0.05, 0) is 40.5 Å². The zero-order valence-corrected chi connectivity index (χ0v) is 12.9. The monoisotopic (exact) mass is 264 g/mol. The van der Waals surface area contributed by atoms with E-state index < -0.39 is 0 Å². The largest absolute Gasteiger partial charge is 0.298 e. The smallest absolute Gasteiger partial charge is 0.116 e. The molecule has 0 radical (unpaired) electrons. The SMILES string of the molecule is CC(C#N)(CN1CCN(C(C)(C)C)CC1)NC1CC1. The molecule has 1 heterocycles. The Labute approximate surface area is 117 Å². The third-order valence-electron chi connectivity index (χ3n) is 4.21. The number of nitrogens with one attached hydrogen (secondary N) is 1. The van der Waals surface area contributed by atoms with E-state index in [0.29, 0.717) is 6.04 Å². The Morgan fingerprint density at radius 3 is 2.11 bits per heavy atom. The second kappa shape index (κ2) is 5.40. The summed E-state index contributed by atoms with van der Waals surface area (Å²) >= 11 is 0. The molecule has 1 aliphatic carbocycles. The van der Waals surface area contributed by atoms with E-state index in [1.807, 2.05) is 6.92 Å². The fraction of sp³-hybridized carbons (Fsp3) is 0.933. The van der Waals surface area contributed by atoms with Crippen LogP contribution in [0.25, 0.3) is 0 Å². The molecule has 1 aliphatic heterocycles. The van der Waals surface area contributed by atoms with Gasteiger partial charge in [0.1, 0.15) is 5.54 Å².